The summed E-state index contributed by atoms with van der Waals surface area (Å²) in [7, 11) is 1.75. The SMILES string of the molecule is C=C/C(=C\NC)c1cnc(N)c(O[C@H](C)c2c(Cl)ccc(F)c2Cl)n1. The molecule has 2 aromatic rings. The van der Waals surface area contributed by atoms with Gasteiger partial charge in [-0.25, -0.2) is 14.4 Å². The number of rotatable bonds is 6. The van der Waals surface area contributed by atoms with Crippen LogP contribution in [0.4, 0.5) is 10.2 Å². The highest BCUT2D eigenvalue weighted by Gasteiger charge is 2.20. The van der Waals surface area contributed by atoms with Crippen LogP contribution in [0, 0.1) is 5.82 Å². The van der Waals surface area contributed by atoms with E-state index in [-0.39, 0.29) is 21.7 Å². The van der Waals surface area contributed by atoms with Crippen LogP contribution in [-0.2, 0) is 0 Å². The molecule has 1 atom stereocenters. The molecule has 0 aliphatic carbocycles. The second-order valence-corrected chi connectivity index (χ2v) is 5.84. The number of benzene rings is 1. The van der Waals surface area contributed by atoms with Crippen molar-refractivity contribution in [1.82, 2.24) is 15.3 Å². The summed E-state index contributed by atoms with van der Waals surface area (Å²) in [6.07, 6.45) is 4.13. The van der Waals surface area contributed by atoms with Crippen molar-refractivity contribution >= 4 is 34.6 Å². The second kappa shape index (κ2) is 8.18. The van der Waals surface area contributed by atoms with Gasteiger partial charge in [0.15, 0.2) is 5.82 Å². The number of hydrogen-bond acceptors (Lipinski definition) is 5. The zero-order chi connectivity index (χ0) is 18.6. The highest BCUT2D eigenvalue weighted by Crippen LogP contribution is 2.35. The Morgan fingerprint density at radius 3 is 2.80 bits per heavy atom. The molecule has 1 aromatic carbocycles. The van der Waals surface area contributed by atoms with Gasteiger partial charge in [0, 0.05) is 29.4 Å². The highest BCUT2D eigenvalue weighted by molar-refractivity contribution is 6.36. The minimum atomic E-state index is -0.692. The summed E-state index contributed by atoms with van der Waals surface area (Å²) >= 11 is 12.1. The lowest BCUT2D eigenvalue weighted by molar-refractivity contribution is 0.217. The van der Waals surface area contributed by atoms with Crippen molar-refractivity contribution in [3.63, 3.8) is 0 Å². The summed E-state index contributed by atoms with van der Waals surface area (Å²) in [5.74, 6) is -0.410. The van der Waals surface area contributed by atoms with Gasteiger partial charge in [0.1, 0.15) is 11.9 Å². The Morgan fingerprint density at radius 2 is 2.16 bits per heavy atom. The number of nitrogens with one attached hydrogen (secondary N) is 1. The number of anilines is 1. The van der Waals surface area contributed by atoms with Gasteiger partial charge in [-0.2, -0.15) is 0 Å². The van der Waals surface area contributed by atoms with E-state index >= 15 is 0 Å². The number of halogens is 3. The van der Waals surface area contributed by atoms with E-state index < -0.39 is 11.9 Å². The molecule has 25 heavy (non-hydrogen) atoms. The summed E-state index contributed by atoms with van der Waals surface area (Å²) in [4.78, 5) is 8.41. The van der Waals surface area contributed by atoms with Crippen LogP contribution in [0.25, 0.3) is 5.57 Å². The average Bonchev–Trinajstić information content (AvgIpc) is 2.58. The molecule has 0 radical (unpaired) electrons. The largest absolute Gasteiger partial charge is 0.467 e. The molecule has 1 aromatic heterocycles. The molecule has 0 aliphatic heterocycles. The first-order valence-corrected chi connectivity index (χ1v) is 8.07. The molecule has 132 valence electrons. The number of allylic oxidation sites excluding steroid dienone is 2. The molecule has 0 aliphatic rings. The fourth-order valence-electron chi connectivity index (χ4n) is 2.14. The quantitative estimate of drug-likeness (QED) is 0.572. The minimum absolute atomic E-state index is 0.0882. The predicted molar refractivity (Wildman–Crippen MR) is 99.1 cm³/mol. The second-order valence-electron chi connectivity index (χ2n) is 5.06. The van der Waals surface area contributed by atoms with E-state index in [1.165, 1.54) is 18.3 Å². The third-order valence-electron chi connectivity index (χ3n) is 3.36. The number of hydrogen-bond donors (Lipinski definition) is 2. The fourth-order valence-corrected chi connectivity index (χ4v) is 2.82. The molecule has 0 unspecified atom stereocenters. The number of ether oxygens (including phenoxy) is 1. The molecular formula is C17H17Cl2FN4O. The third kappa shape index (κ3) is 4.21. The van der Waals surface area contributed by atoms with Crippen LogP contribution in [-0.4, -0.2) is 17.0 Å². The molecule has 0 fully saturated rings. The summed E-state index contributed by atoms with van der Waals surface area (Å²) in [6, 6.07) is 2.60. The average molecular weight is 383 g/mol. The smallest absolute Gasteiger partial charge is 0.258 e. The van der Waals surface area contributed by atoms with Gasteiger partial charge in [-0.15, -0.1) is 0 Å². The van der Waals surface area contributed by atoms with Gasteiger partial charge in [0.25, 0.3) is 5.88 Å². The van der Waals surface area contributed by atoms with Gasteiger partial charge in [-0.05, 0) is 19.1 Å². The van der Waals surface area contributed by atoms with Crippen LogP contribution in [0.15, 0.2) is 37.2 Å². The molecule has 1 heterocycles. The molecule has 8 heteroatoms. The first-order valence-electron chi connectivity index (χ1n) is 7.31. The van der Waals surface area contributed by atoms with Gasteiger partial charge < -0.3 is 15.8 Å². The van der Waals surface area contributed by atoms with Crippen molar-refractivity contribution in [3.8, 4) is 5.88 Å². The van der Waals surface area contributed by atoms with E-state index in [0.29, 0.717) is 16.8 Å². The summed E-state index contributed by atoms with van der Waals surface area (Å²) in [6.45, 7) is 5.39. The standard InChI is InChI=1S/C17H17Cl2FN4O/c1-4-10(7-22-3)13-8-23-16(21)17(24-13)25-9(2)14-11(18)5-6-12(20)15(14)19/h4-9,22H,1H2,2-3H3,(H2,21,23)/b10-7+/t9-/m1/s1. The maximum absolute atomic E-state index is 13.7. The van der Waals surface area contributed by atoms with Crippen molar-refractivity contribution in [1.29, 1.82) is 0 Å². The molecule has 5 nitrogen and oxygen atoms in total. The first-order chi connectivity index (χ1) is 11.9. The van der Waals surface area contributed by atoms with Crippen molar-refractivity contribution in [2.45, 2.75) is 13.0 Å². The van der Waals surface area contributed by atoms with Crippen LogP contribution in [0.5, 0.6) is 5.88 Å². The van der Waals surface area contributed by atoms with Gasteiger partial charge in [0.05, 0.1) is 16.9 Å². The summed E-state index contributed by atoms with van der Waals surface area (Å²) in [5, 5.41) is 3.06. The molecule has 0 amide bonds. The van der Waals surface area contributed by atoms with Crippen LogP contribution in [0.1, 0.15) is 24.3 Å². The maximum atomic E-state index is 13.7. The van der Waals surface area contributed by atoms with E-state index in [0.717, 1.165) is 0 Å². The van der Waals surface area contributed by atoms with Gasteiger partial charge in [0.2, 0.25) is 0 Å². The molecule has 0 saturated carbocycles. The van der Waals surface area contributed by atoms with E-state index in [1.807, 2.05) is 0 Å². The van der Waals surface area contributed by atoms with Crippen LogP contribution in [0.3, 0.4) is 0 Å². The van der Waals surface area contributed by atoms with Crippen LogP contribution >= 0.6 is 23.2 Å². The predicted octanol–water partition coefficient (Wildman–Crippen LogP) is 4.39. The lowest BCUT2D eigenvalue weighted by Gasteiger charge is -2.18. The number of nitrogens with two attached hydrogens (primary N) is 1. The maximum Gasteiger partial charge on any atom is 0.258 e. The normalized spacial score (nSPS) is 12.6. The molecule has 0 spiro atoms. The highest BCUT2D eigenvalue weighted by atomic mass is 35.5. The van der Waals surface area contributed by atoms with Crippen LogP contribution < -0.4 is 15.8 Å². The molecule has 2 rings (SSSR count). The van der Waals surface area contributed by atoms with E-state index in [4.69, 9.17) is 33.7 Å². The van der Waals surface area contributed by atoms with Crippen molar-refractivity contribution in [2.75, 3.05) is 12.8 Å². The van der Waals surface area contributed by atoms with Gasteiger partial charge in [-0.3, -0.25) is 0 Å². The van der Waals surface area contributed by atoms with Crippen molar-refractivity contribution < 1.29 is 9.13 Å². The van der Waals surface area contributed by atoms with Crippen molar-refractivity contribution in [2.24, 2.45) is 0 Å². The molecular weight excluding hydrogens is 366 g/mol. The Morgan fingerprint density at radius 1 is 1.44 bits per heavy atom. The van der Waals surface area contributed by atoms with Crippen molar-refractivity contribution in [3.05, 3.63) is 64.3 Å². The lowest BCUT2D eigenvalue weighted by Crippen LogP contribution is -2.10. The van der Waals surface area contributed by atoms with E-state index in [1.54, 1.807) is 26.2 Å². The first kappa shape index (κ1) is 19.0. The van der Waals surface area contributed by atoms with Gasteiger partial charge >= 0.3 is 0 Å². The Bertz CT molecular complexity index is 827. The number of nitrogens with zero attached hydrogens (tertiary/aromatic N) is 2. The molecule has 0 bridgehead atoms. The zero-order valence-corrected chi connectivity index (χ0v) is 15.2. The monoisotopic (exact) mass is 382 g/mol. The topological polar surface area (TPSA) is 73.1 Å². The van der Waals surface area contributed by atoms with Crippen LogP contribution in [0.2, 0.25) is 10.0 Å². The van der Waals surface area contributed by atoms with E-state index in [9.17, 15) is 4.39 Å². The van der Waals surface area contributed by atoms with Gasteiger partial charge in [-0.1, -0.05) is 35.9 Å². The Hall–Kier alpha value is -2.31. The molecule has 3 N–H and O–H groups in total. The van der Waals surface area contributed by atoms with E-state index in [2.05, 4.69) is 21.9 Å². The Balaban J connectivity index is 2.39. The zero-order valence-electron chi connectivity index (χ0n) is 13.7. The minimum Gasteiger partial charge on any atom is -0.467 e. The molecule has 0 saturated heterocycles. The number of aromatic nitrogens is 2. The Labute approximate surface area is 155 Å². The lowest BCUT2D eigenvalue weighted by atomic mass is 10.1. The summed E-state index contributed by atoms with van der Waals surface area (Å²) < 4.78 is 19.5. The summed E-state index contributed by atoms with van der Waals surface area (Å²) in [5.41, 5.74) is 7.36. The fraction of sp³-hybridized carbons (Fsp3) is 0.176. The number of nitrogen functional groups attached to an aromatic ring is 1. The Kier molecular flexibility index (Phi) is 6.22. The third-order valence-corrected chi connectivity index (χ3v) is 4.07.